The van der Waals surface area contributed by atoms with E-state index in [0.29, 0.717) is 16.3 Å². The summed E-state index contributed by atoms with van der Waals surface area (Å²) in [5.41, 5.74) is 12.1. The summed E-state index contributed by atoms with van der Waals surface area (Å²) in [6, 6.07) is 14.2. The first-order chi connectivity index (χ1) is 16.7. The van der Waals surface area contributed by atoms with Crippen molar-refractivity contribution in [2.24, 2.45) is 17.3 Å². The third-order valence-electron chi connectivity index (χ3n) is 4.96. The van der Waals surface area contributed by atoms with Crippen molar-refractivity contribution in [2.45, 2.75) is 12.5 Å². The molecule has 0 fully saturated rings. The van der Waals surface area contributed by atoms with Gasteiger partial charge in [-0.25, -0.2) is 10.8 Å². The lowest BCUT2D eigenvalue weighted by atomic mass is 10.0. The van der Waals surface area contributed by atoms with Gasteiger partial charge in [0.1, 0.15) is 11.2 Å². The van der Waals surface area contributed by atoms with Gasteiger partial charge in [0, 0.05) is 23.1 Å². The highest BCUT2D eigenvalue weighted by atomic mass is 35.5. The van der Waals surface area contributed by atoms with Crippen LogP contribution >= 0.6 is 23.2 Å². The molecular weight excluding hydrogens is 493 g/mol. The largest absolute Gasteiger partial charge is 0.388 e. The van der Waals surface area contributed by atoms with Gasteiger partial charge in [0.05, 0.1) is 30.5 Å². The van der Waals surface area contributed by atoms with E-state index in [2.05, 4.69) is 10.3 Å². The number of aromatic nitrogens is 2. The molecule has 2 aromatic carbocycles. The Labute approximate surface area is 210 Å². The number of halogens is 2. The molecule has 0 aliphatic rings. The number of hydrazine groups is 1. The molecule has 0 saturated carbocycles. The van der Waals surface area contributed by atoms with Gasteiger partial charge in [-0.2, -0.15) is 0 Å². The number of benzene rings is 2. The monoisotopic (exact) mass is 515 g/mol. The SMILES string of the molecule is NC(=O)CNC(=O)C(Cc1ccccc1)n1cnc(-c2cc(Cl)ccc2N(N)/C=C(\N)Cl)cc1=O. The Morgan fingerprint density at radius 3 is 2.49 bits per heavy atom. The van der Waals surface area contributed by atoms with E-state index in [1.54, 1.807) is 18.2 Å². The van der Waals surface area contributed by atoms with Gasteiger partial charge in [-0.15, -0.1) is 0 Å². The summed E-state index contributed by atoms with van der Waals surface area (Å²) in [5, 5.41) is 3.96. The number of amides is 2. The number of nitrogens with zero attached hydrogens (tertiary/aromatic N) is 3. The molecular formula is C23H23Cl2N7O3. The van der Waals surface area contributed by atoms with E-state index < -0.39 is 23.4 Å². The zero-order chi connectivity index (χ0) is 25.5. The zero-order valence-electron chi connectivity index (χ0n) is 18.4. The topological polar surface area (TPSA) is 162 Å². The predicted octanol–water partition coefficient (Wildman–Crippen LogP) is 1.63. The van der Waals surface area contributed by atoms with E-state index >= 15 is 0 Å². The Hall–Kier alpha value is -3.86. The lowest BCUT2D eigenvalue weighted by molar-refractivity contribution is -0.127. The first-order valence-electron chi connectivity index (χ1n) is 10.3. The van der Waals surface area contributed by atoms with Crippen LogP contribution in [0.3, 0.4) is 0 Å². The molecule has 0 radical (unpaired) electrons. The van der Waals surface area contributed by atoms with Crippen LogP contribution < -0.4 is 33.2 Å². The molecule has 10 nitrogen and oxygen atoms in total. The van der Waals surface area contributed by atoms with E-state index in [1.807, 2.05) is 30.3 Å². The van der Waals surface area contributed by atoms with E-state index in [9.17, 15) is 14.4 Å². The lowest BCUT2D eigenvalue weighted by Gasteiger charge is -2.21. The van der Waals surface area contributed by atoms with Gasteiger partial charge in [-0.1, -0.05) is 53.5 Å². The second-order valence-electron chi connectivity index (χ2n) is 7.49. The minimum absolute atomic E-state index is 0.0532. The van der Waals surface area contributed by atoms with E-state index in [0.717, 1.165) is 5.56 Å². The Kier molecular flexibility index (Phi) is 8.48. The molecule has 1 aromatic heterocycles. The molecule has 0 aliphatic heterocycles. The molecule has 3 rings (SSSR count). The second kappa shape index (κ2) is 11.5. The number of primary amides is 1. The number of hydrogen-bond acceptors (Lipinski definition) is 7. The number of rotatable bonds is 9. The van der Waals surface area contributed by atoms with Crippen LogP contribution in [0, 0.1) is 0 Å². The first-order valence-corrected chi connectivity index (χ1v) is 11.1. The molecule has 12 heteroatoms. The summed E-state index contributed by atoms with van der Waals surface area (Å²) >= 11 is 11.9. The number of carbonyl (C=O) groups is 2. The highest BCUT2D eigenvalue weighted by Crippen LogP contribution is 2.31. The molecule has 0 bridgehead atoms. The Morgan fingerprint density at radius 2 is 1.86 bits per heavy atom. The highest BCUT2D eigenvalue weighted by Gasteiger charge is 2.23. The molecule has 0 saturated heterocycles. The van der Waals surface area contributed by atoms with Crippen molar-refractivity contribution >= 4 is 40.7 Å². The van der Waals surface area contributed by atoms with Gasteiger partial charge >= 0.3 is 0 Å². The van der Waals surface area contributed by atoms with Crippen molar-refractivity contribution in [3.05, 3.63) is 93.2 Å². The third-order valence-corrected chi connectivity index (χ3v) is 5.29. The molecule has 7 N–H and O–H groups in total. The van der Waals surface area contributed by atoms with Crippen LogP contribution in [0.25, 0.3) is 11.3 Å². The Bertz CT molecular complexity index is 1310. The summed E-state index contributed by atoms with van der Waals surface area (Å²) in [6.45, 7) is -0.361. The molecule has 2 amide bonds. The van der Waals surface area contributed by atoms with Crippen molar-refractivity contribution < 1.29 is 9.59 Å². The van der Waals surface area contributed by atoms with Crippen molar-refractivity contribution in [3.8, 4) is 11.3 Å². The number of carbonyl (C=O) groups excluding carboxylic acids is 2. The molecule has 1 atom stereocenters. The smallest absolute Gasteiger partial charge is 0.254 e. The van der Waals surface area contributed by atoms with Crippen LogP contribution in [-0.2, 0) is 16.0 Å². The zero-order valence-corrected chi connectivity index (χ0v) is 19.9. The summed E-state index contributed by atoms with van der Waals surface area (Å²) in [4.78, 5) is 41.6. The van der Waals surface area contributed by atoms with Crippen molar-refractivity contribution in [1.29, 1.82) is 0 Å². The molecule has 0 spiro atoms. The minimum atomic E-state index is -0.977. The normalized spacial score (nSPS) is 12.1. The molecule has 3 aromatic rings. The van der Waals surface area contributed by atoms with Crippen LogP contribution in [-0.4, -0.2) is 27.9 Å². The predicted molar refractivity (Wildman–Crippen MR) is 135 cm³/mol. The number of anilines is 1. The van der Waals surface area contributed by atoms with Crippen molar-refractivity contribution in [3.63, 3.8) is 0 Å². The average Bonchev–Trinajstić information content (AvgIpc) is 2.81. The van der Waals surface area contributed by atoms with Crippen LogP contribution in [0.2, 0.25) is 5.02 Å². The van der Waals surface area contributed by atoms with Gasteiger partial charge in [0.15, 0.2) is 0 Å². The first kappa shape index (κ1) is 25.8. The highest BCUT2D eigenvalue weighted by molar-refractivity contribution is 6.31. The maximum atomic E-state index is 13.2. The summed E-state index contributed by atoms with van der Waals surface area (Å²) < 4.78 is 1.19. The van der Waals surface area contributed by atoms with Gasteiger partial charge in [0.2, 0.25) is 11.8 Å². The van der Waals surface area contributed by atoms with Crippen molar-refractivity contribution in [1.82, 2.24) is 14.9 Å². The van der Waals surface area contributed by atoms with E-state index in [1.165, 1.54) is 28.2 Å². The fourth-order valence-corrected chi connectivity index (χ4v) is 3.66. The quantitative estimate of drug-likeness (QED) is 0.191. The fraction of sp³-hybridized carbons (Fsp3) is 0.130. The maximum absolute atomic E-state index is 13.2. The van der Waals surface area contributed by atoms with Crippen LogP contribution in [0.15, 0.2) is 77.1 Å². The minimum Gasteiger partial charge on any atom is -0.388 e. The average molecular weight is 516 g/mol. The summed E-state index contributed by atoms with van der Waals surface area (Å²) in [7, 11) is 0. The van der Waals surface area contributed by atoms with Gasteiger partial charge in [-0.3, -0.25) is 24.0 Å². The van der Waals surface area contributed by atoms with Crippen LogP contribution in [0.5, 0.6) is 0 Å². The fourth-order valence-electron chi connectivity index (χ4n) is 3.38. The van der Waals surface area contributed by atoms with Crippen LogP contribution in [0.4, 0.5) is 5.69 Å². The number of nitrogens with two attached hydrogens (primary N) is 3. The van der Waals surface area contributed by atoms with Gasteiger partial charge in [-0.05, 0) is 23.8 Å². The summed E-state index contributed by atoms with van der Waals surface area (Å²) in [5.74, 6) is 4.77. The third kappa shape index (κ3) is 6.82. The number of nitrogens with one attached hydrogen (secondary N) is 1. The maximum Gasteiger partial charge on any atom is 0.254 e. The van der Waals surface area contributed by atoms with Crippen molar-refractivity contribution in [2.75, 3.05) is 11.6 Å². The molecule has 1 unspecified atom stereocenters. The van der Waals surface area contributed by atoms with Gasteiger partial charge in [0.25, 0.3) is 5.56 Å². The number of hydrogen-bond donors (Lipinski definition) is 4. The Balaban J connectivity index is 2.03. The second-order valence-corrected chi connectivity index (χ2v) is 8.36. The Morgan fingerprint density at radius 1 is 1.14 bits per heavy atom. The van der Waals surface area contributed by atoms with E-state index in [4.69, 9.17) is 40.5 Å². The molecule has 182 valence electrons. The molecule has 1 heterocycles. The van der Waals surface area contributed by atoms with Gasteiger partial charge < -0.3 is 16.8 Å². The molecule has 35 heavy (non-hydrogen) atoms. The summed E-state index contributed by atoms with van der Waals surface area (Å²) in [6.07, 6.45) is 2.73. The lowest BCUT2D eigenvalue weighted by Crippen LogP contribution is -2.41. The molecule has 0 aliphatic carbocycles. The van der Waals surface area contributed by atoms with E-state index in [-0.39, 0.29) is 23.8 Å². The standard InChI is InChI=1S/C23H23Cl2N7O3/c24-15-6-7-18(32(28)12-20(25)26)16(9-15)17-10-22(34)31(13-30-17)19(23(35)29-11-21(27)33)8-14-4-2-1-3-5-14/h1-7,9-10,12-13,19H,8,11,26,28H2,(H2,27,33)(H,29,35)/b20-12-. The van der Waals surface area contributed by atoms with Crippen LogP contribution in [0.1, 0.15) is 11.6 Å².